The van der Waals surface area contributed by atoms with Crippen LogP contribution in [0.3, 0.4) is 0 Å². The van der Waals surface area contributed by atoms with Gasteiger partial charge in [0.25, 0.3) is 0 Å². The van der Waals surface area contributed by atoms with Gasteiger partial charge in [0.15, 0.2) is 0 Å². The highest BCUT2D eigenvalue weighted by molar-refractivity contribution is 7.99. The average molecular weight is 391 g/mol. The molecule has 1 aliphatic rings. The minimum Gasteiger partial charge on any atom is -0.496 e. The summed E-state index contributed by atoms with van der Waals surface area (Å²) in [6, 6.07) is 24.4. The maximum absolute atomic E-state index is 5.50. The monoisotopic (exact) mass is 390 g/mol. The Morgan fingerprint density at radius 2 is 1.78 bits per heavy atom. The van der Waals surface area contributed by atoms with Gasteiger partial charge in [-0.15, -0.1) is 0 Å². The second kappa shape index (κ2) is 7.94. The average Bonchev–Trinajstić information content (AvgIpc) is 2.87. The maximum atomic E-state index is 5.50. The van der Waals surface area contributed by atoms with Crippen LogP contribution in [0.4, 0.5) is 11.4 Å². The molecule has 0 saturated heterocycles. The molecule has 0 radical (unpaired) electrons. The van der Waals surface area contributed by atoms with Crippen LogP contribution < -0.4 is 10.1 Å². The Morgan fingerprint density at radius 1 is 1.00 bits per heavy atom. The molecule has 3 aromatic carbocycles. The number of nitrogens with zero attached hydrogens (tertiary/aromatic N) is 1. The lowest BCUT2D eigenvalue weighted by atomic mass is 10.1. The first-order valence-corrected chi connectivity index (χ1v) is 9.83. The largest absolute Gasteiger partial charge is 0.496 e. The fourth-order valence-electron chi connectivity index (χ4n) is 2.93. The Kier molecular flexibility index (Phi) is 5.23. The summed E-state index contributed by atoms with van der Waals surface area (Å²) in [7, 11) is 1.69. The van der Waals surface area contributed by atoms with Gasteiger partial charge >= 0.3 is 0 Å². The summed E-state index contributed by atoms with van der Waals surface area (Å²) in [6.07, 6.45) is 0.628. The summed E-state index contributed by atoms with van der Waals surface area (Å²) in [5.74, 6) is 0.866. The molecule has 27 heavy (non-hydrogen) atoms. The van der Waals surface area contributed by atoms with E-state index in [0.717, 1.165) is 43.2 Å². The number of benzene rings is 3. The van der Waals surface area contributed by atoms with Gasteiger partial charge in [-0.1, -0.05) is 66.4 Å². The zero-order valence-electron chi connectivity index (χ0n) is 14.8. The fraction of sp³-hybridized carbons (Fsp3) is 0.0909. The lowest BCUT2D eigenvalue weighted by Gasteiger charge is -2.10. The normalized spacial score (nSPS) is 13.2. The Morgan fingerprint density at radius 3 is 2.59 bits per heavy atom. The van der Waals surface area contributed by atoms with E-state index >= 15 is 0 Å². The number of nitrogens with one attached hydrogen (secondary N) is 1. The van der Waals surface area contributed by atoms with E-state index in [4.69, 9.17) is 21.9 Å². The summed E-state index contributed by atoms with van der Waals surface area (Å²) < 4.78 is 5.46. The van der Waals surface area contributed by atoms with Crippen molar-refractivity contribution in [2.24, 2.45) is 4.99 Å². The molecular formula is C22H18N2OS2. The van der Waals surface area contributed by atoms with Crippen LogP contribution in [0.15, 0.2) is 87.6 Å². The third kappa shape index (κ3) is 4.04. The molecule has 0 unspecified atom stereocenters. The minimum absolute atomic E-state index is 0.628. The van der Waals surface area contributed by atoms with E-state index < -0.39 is 0 Å². The zero-order valence-corrected chi connectivity index (χ0v) is 16.4. The molecule has 4 rings (SSSR count). The van der Waals surface area contributed by atoms with E-state index in [1.165, 1.54) is 0 Å². The number of hydrogen-bond acceptors (Lipinski definition) is 4. The second-order valence-corrected chi connectivity index (χ2v) is 7.69. The molecule has 0 atom stereocenters. The van der Waals surface area contributed by atoms with Gasteiger partial charge in [0.2, 0.25) is 0 Å². The first kappa shape index (κ1) is 17.8. The highest BCUT2D eigenvalue weighted by atomic mass is 32.2. The van der Waals surface area contributed by atoms with E-state index in [9.17, 15) is 0 Å². The van der Waals surface area contributed by atoms with E-state index in [1.807, 2.05) is 42.5 Å². The third-order valence-corrected chi connectivity index (χ3v) is 5.52. The molecule has 0 fully saturated rings. The molecule has 0 aromatic heterocycles. The van der Waals surface area contributed by atoms with E-state index in [0.29, 0.717) is 6.42 Å². The highest BCUT2D eigenvalue weighted by Crippen LogP contribution is 2.39. The Labute approximate surface area is 168 Å². The van der Waals surface area contributed by atoms with Crippen molar-refractivity contribution in [3.63, 3.8) is 0 Å². The summed E-state index contributed by atoms with van der Waals surface area (Å²) >= 11 is 7.16. The van der Waals surface area contributed by atoms with Gasteiger partial charge in [-0.25, -0.2) is 0 Å². The van der Waals surface area contributed by atoms with E-state index in [-0.39, 0.29) is 0 Å². The first-order valence-electron chi connectivity index (χ1n) is 8.61. The molecule has 0 bridgehead atoms. The van der Waals surface area contributed by atoms with E-state index in [2.05, 4.69) is 35.6 Å². The molecule has 0 spiro atoms. The van der Waals surface area contributed by atoms with Gasteiger partial charge < -0.3 is 10.1 Å². The van der Waals surface area contributed by atoms with Crippen LogP contribution in [-0.4, -0.2) is 17.8 Å². The topological polar surface area (TPSA) is 33.6 Å². The quantitative estimate of drug-likeness (QED) is 0.545. The van der Waals surface area contributed by atoms with Crippen LogP contribution in [0, 0.1) is 0 Å². The zero-order chi connectivity index (χ0) is 18.6. The predicted octanol–water partition coefficient (Wildman–Crippen LogP) is 6.11. The summed E-state index contributed by atoms with van der Waals surface area (Å²) in [6.45, 7) is 0. The minimum atomic E-state index is 0.628. The van der Waals surface area contributed by atoms with Crippen molar-refractivity contribution in [2.75, 3.05) is 12.4 Å². The SMILES string of the molecule is COc1ccccc1Sc1ccc2c(c1)N=C(c1ccccc1)CC(=S)N2. The summed E-state index contributed by atoms with van der Waals surface area (Å²) in [5, 5.41) is 3.32. The predicted molar refractivity (Wildman–Crippen MR) is 117 cm³/mol. The van der Waals surface area contributed by atoms with E-state index in [1.54, 1.807) is 18.9 Å². The van der Waals surface area contributed by atoms with Gasteiger partial charge in [0.05, 0.1) is 34.1 Å². The number of rotatable bonds is 4. The number of methoxy groups -OCH3 is 1. The molecule has 1 N–H and O–H groups in total. The molecule has 134 valence electrons. The van der Waals surface area contributed by atoms with Crippen molar-refractivity contribution < 1.29 is 4.74 Å². The van der Waals surface area contributed by atoms with Crippen molar-refractivity contribution in [1.82, 2.24) is 0 Å². The smallest absolute Gasteiger partial charge is 0.132 e. The second-order valence-electron chi connectivity index (χ2n) is 6.08. The molecule has 1 aliphatic heterocycles. The summed E-state index contributed by atoms with van der Waals surface area (Å²) in [4.78, 5) is 7.88. The Balaban J connectivity index is 1.72. The number of hydrogen-bond donors (Lipinski definition) is 1. The molecule has 0 aliphatic carbocycles. The van der Waals surface area contributed by atoms with Gasteiger partial charge in [0, 0.05) is 11.3 Å². The van der Waals surface area contributed by atoms with Gasteiger partial charge in [-0.05, 0) is 35.9 Å². The van der Waals surface area contributed by atoms with Crippen LogP contribution >= 0.6 is 24.0 Å². The number of para-hydroxylation sites is 1. The molecule has 3 nitrogen and oxygen atoms in total. The van der Waals surface area contributed by atoms with Crippen LogP contribution in [0.25, 0.3) is 0 Å². The molecular weight excluding hydrogens is 372 g/mol. The van der Waals surface area contributed by atoms with Gasteiger partial charge in [-0.2, -0.15) is 0 Å². The Bertz CT molecular complexity index is 1020. The van der Waals surface area contributed by atoms with Crippen LogP contribution in [0.2, 0.25) is 0 Å². The highest BCUT2D eigenvalue weighted by Gasteiger charge is 2.16. The van der Waals surface area contributed by atoms with Crippen molar-refractivity contribution in [1.29, 1.82) is 0 Å². The van der Waals surface area contributed by atoms with Crippen LogP contribution in [0.5, 0.6) is 5.75 Å². The molecule has 1 heterocycles. The summed E-state index contributed by atoms with van der Waals surface area (Å²) in [5.41, 5.74) is 3.91. The number of ether oxygens (including phenoxy) is 1. The molecule has 5 heteroatoms. The van der Waals surface area contributed by atoms with Crippen molar-refractivity contribution >= 4 is 46.1 Å². The number of anilines is 1. The number of aliphatic imine (C=N–C) groups is 1. The number of fused-ring (bicyclic) bond motifs is 1. The van der Waals surface area contributed by atoms with Crippen LogP contribution in [-0.2, 0) is 0 Å². The number of thiocarbonyl (C=S) groups is 1. The van der Waals surface area contributed by atoms with Crippen LogP contribution in [0.1, 0.15) is 12.0 Å². The van der Waals surface area contributed by atoms with Gasteiger partial charge in [0.1, 0.15) is 5.75 Å². The van der Waals surface area contributed by atoms with Crippen molar-refractivity contribution in [3.05, 3.63) is 78.4 Å². The lowest BCUT2D eigenvalue weighted by Crippen LogP contribution is -2.12. The molecule has 0 saturated carbocycles. The molecule has 0 amide bonds. The standard InChI is InChI=1S/C22H18N2OS2/c1-25-20-9-5-6-10-21(20)27-16-11-12-17-19(13-16)23-18(14-22(26)24-17)15-7-3-2-4-8-15/h2-13H,14H2,1H3,(H,24,26). The van der Waals surface area contributed by atoms with Crippen molar-refractivity contribution in [3.8, 4) is 5.75 Å². The molecule has 3 aromatic rings. The fourth-order valence-corrected chi connectivity index (χ4v) is 4.14. The Hall–Kier alpha value is -2.63. The van der Waals surface area contributed by atoms with Gasteiger partial charge in [-0.3, -0.25) is 4.99 Å². The van der Waals surface area contributed by atoms with Crippen molar-refractivity contribution in [2.45, 2.75) is 16.2 Å². The maximum Gasteiger partial charge on any atom is 0.132 e. The lowest BCUT2D eigenvalue weighted by molar-refractivity contribution is 0.405. The third-order valence-electron chi connectivity index (χ3n) is 4.23. The first-order chi connectivity index (χ1) is 13.2.